The number of carboxylic acid groups (broad SMARTS) is 1. The van der Waals surface area contributed by atoms with Gasteiger partial charge in [-0.25, -0.2) is 0 Å². The van der Waals surface area contributed by atoms with E-state index in [-0.39, 0.29) is 11.8 Å². The molecule has 1 aliphatic heterocycles. The van der Waals surface area contributed by atoms with Crippen molar-refractivity contribution in [1.82, 2.24) is 0 Å². The molecule has 0 spiro atoms. The minimum absolute atomic E-state index is 0.0428. The molecule has 0 saturated heterocycles. The Bertz CT molecular complexity index is 463. The highest BCUT2D eigenvalue weighted by molar-refractivity contribution is 7.99. The van der Waals surface area contributed by atoms with Crippen molar-refractivity contribution >= 4 is 17.7 Å². The monoisotopic (exact) mass is 248 g/mol. The number of carboxylic acids is 1. The van der Waals surface area contributed by atoms with Gasteiger partial charge in [0.2, 0.25) is 0 Å². The van der Waals surface area contributed by atoms with Crippen LogP contribution in [0.3, 0.4) is 0 Å². The predicted octanol–water partition coefficient (Wildman–Crippen LogP) is 3.23. The number of fused-ring (bicyclic) bond motifs is 1. The molecular formula is C14H16O2S. The van der Waals surface area contributed by atoms with Gasteiger partial charge in [0.1, 0.15) is 0 Å². The van der Waals surface area contributed by atoms with Crippen molar-refractivity contribution in [2.24, 2.45) is 0 Å². The Labute approximate surface area is 105 Å². The van der Waals surface area contributed by atoms with Crippen LogP contribution in [0.5, 0.6) is 0 Å². The summed E-state index contributed by atoms with van der Waals surface area (Å²) in [4.78, 5) is 12.3. The van der Waals surface area contributed by atoms with Crippen LogP contribution < -0.4 is 0 Å². The van der Waals surface area contributed by atoms with Crippen molar-refractivity contribution in [3.8, 4) is 0 Å². The number of hydrogen-bond acceptors (Lipinski definition) is 2. The molecule has 0 unspecified atom stereocenters. The highest BCUT2D eigenvalue weighted by atomic mass is 32.2. The van der Waals surface area contributed by atoms with Crippen molar-refractivity contribution < 1.29 is 9.90 Å². The Kier molecular flexibility index (Phi) is 2.66. The van der Waals surface area contributed by atoms with Gasteiger partial charge in [0.25, 0.3) is 0 Å². The summed E-state index contributed by atoms with van der Waals surface area (Å²) in [5.41, 5.74) is 2.64. The third kappa shape index (κ3) is 2.08. The van der Waals surface area contributed by atoms with Gasteiger partial charge >= 0.3 is 5.97 Å². The first kappa shape index (κ1) is 11.1. The molecule has 1 aliphatic carbocycles. The van der Waals surface area contributed by atoms with Crippen LogP contribution >= 0.6 is 11.8 Å². The molecule has 1 saturated carbocycles. The Morgan fingerprint density at radius 3 is 2.94 bits per heavy atom. The van der Waals surface area contributed by atoms with E-state index in [4.69, 9.17) is 5.11 Å². The molecule has 2 aliphatic rings. The second kappa shape index (κ2) is 4.05. The molecule has 3 heteroatoms. The van der Waals surface area contributed by atoms with E-state index in [1.54, 1.807) is 0 Å². The maximum atomic E-state index is 10.9. The first-order chi connectivity index (χ1) is 8.20. The average Bonchev–Trinajstić information content (AvgIpc) is 3.08. The molecule has 2 nitrogen and oxygen atoms in total. The molecular weight excluding hydrogens is 232 g/mol. The van der Waals surface area contributed by atoms with Crippen LogP contribution in [0.15, 0.2) is 23.1 Å². The number of aryl methyl sites for hydroxylation is 1. The quantitative estimate of drug-likeness (QED) is 0.892. The fourth-order valence-corrected chi connectivity index (χ4v) is 3.75. The van der Waals surface area contributed by atoms with E-state index in [1.165, 1.54) is 34.6 Å². The van der Waals surface area contributed by atoms with Gasteiger partial charge in [-0.05, 0) is 48.6 Å². The number of aliphatic carboxylic acids is 1. The van der Waals surface area contributed by atoms with Crippen LogP contribution in [0.1, 0.15) is 36.8 Å². The summed E-state index contributed by atoms with van der Waals surface area (Å²) in [7, 11) is 0. The minimum Gasteiger partial charge on any atom is -0.481 e. The Morgan fingerprint density at radius 1 is 1.41 bits per heavy atom. The van der Waals surface area contributed by atoms with E-state index in [0.717, 1.165) is 12.8 Å². The summed E-state index contributed by atoms with van der Waals surface area (Å²) in [6.07, 6.45) is 4.79. The lowest BCUT2D eigenvalue weighted by molar-refractivity contribution is -0.137. The zero-order chi connectivity index (χ0) is 11.9. The van der Waals surface area contributed by atoms with Crippen LogP contribution in [0.2, 0.25) is 0 Å². The molecule has 0 aromatic heterocycles. The number of hydrogen-bond donors (Lipinski definition) is 1. The first-order valence-corrected chi connectivity index (χ1v) is 7.16. The maximum Gasteiger partial charge on any atom is 0.304 e. The molecule has 1 heterocycles. The van der Waals surface area contributed by atoms with Gasteiger partial charge in [-0.3, -0.25) is 4.79 Å². The molecule has 0 bridgehead atoms. The summed E-state index contributed by atoms with van der Waals surface area (Å²) < 4.78 is 0. The topological polar surface area (TPSA) is 37.3 Å². The number of rotatable bonds is 3. The lowest BCUT2D eigenvalue weighted by Gasteiger charge is -2.19. The van der Waals surface area contributed by atoms with E-state index in [0.29, 0.717) is 0 Å². The summed E-state index contributed by atoms with van der Waals surface area (Å²) >= 11 is 1.92. The Morgan fingerprint density at radius 2 is 2.24 bits per heavy atom. The van der Waals surface area contributed by atoms with Gasteiger partial charge in [0, 0.05) is 10.3 Å². The van der Waals surface area contributed by atoms with E-state index in [2.05, 4.69) is 18.2 Å². The van der Waals surface area contributed by atoms with Gasteiger partial charge in [-0.1, -0.05) is 12.1 Å². The van der Waals surface area contributed by atoms with Crippen molar-refractivity contribution in [2.75, 3.05) is 5.75 Å². The third-order valence-corrected chi connectivity index (χ3v) is 5.05. The molecule has 0 radical (unpaired) electrons. The molecule has 17 heavy (non-hydrogen) atoms. The van der Waals surface area contributed by atoms with Crippen LogP contribution in [-0.2, 0) is 16.6 Å². The van der Waals surface area contributed by atoms with Gasteiger partial charge in [-0.2, -0.15) is 0 Å². The smallest absolute Gasteiger partial charge is 0.304 e. The Balaban J connectivity index is 1.91. The Hall–Kier alpha value is -0.960. The SMILES string of the molecule is O=C(O)CC1(c2ccc3c(c2)SCCC3)CC1. The molecule has 1 fully saturated rings. The number of thioether (sulfide) groups is 1. The molecule has 1 aromatic rings. The van der Waals surface area contributed by atoms with Crippen molar-refractivity contribution in [3.05, 3.63) is 29.3 Å². The summed E-state index contributed by atoms with van der Waals surface area (Å²) in [6, 6.07) is 6.61. The van der Waals surface area contributed by atoms with Crippen LogP contribution in [-0.4, -0.2) is 16.8 Å². The lowest BCUT2D eigenvalue weighted by Crippen LogP contribution is -2.13. The van der Waals surface area contributed by atoms with Crippen molar-refractivity contribution in [2.45, 2.75) is 42.4 Å². The van der Waals surface area contributed by atoms with Gasteiger partial charge < -0.3 is 5.11 Å². The fraction of sp³-hybridized carbons (Fsp3) is 0.500. The average molecular weight is 248 g/mol. The zero-order valence-corrected chi connectivity index (χ0v) is 10.6. The number of benzene rings is 1. The minimum atomic E-state index is -0.673. The third-order valence-electron chi connectivity index (χ3n) is 3.87. The second-order valence-electron chi connectivity index (χ2n) is 5.13. The standard InChI is InChI=1S/C14H16O2S/c15-13(16)9-14(5-6-14)11-4-3-10-2-1-7-17-12(10)8-11/h3-4,8H,1-2,5-7,9H2,(H,15,16). The molecule has 1 aromatic carbocycles. The molecule has 0 atom stereocenters. The van der Waals surface area contributed by atoms with Gasteiger partial charge in [0.05, 0.1) is 6.42 Å². The van der Waals surface area contributed by atoms with Gasteiger partial charge in [-0.15, -0.1) is 11.8 Å². The largest absolute Gasteiger partial charge is 0.481 e. The van der Waals surface area contributed by atoms with E-state index in [1.807, 2.05) is 11.8 Å². The highest BCUT2D eigenvalue weighted by Gasteiger charge is 2.46. The zero-order valence-electron chi connectivity index (χ0n) is 9.74. The van der Waals surface area contributed by atoms with Crippen LogP contribution in [0.4, 0.5) is 0 Å². The van der Waals surface area contributed by atoms with Gasteiger partial charge in [0.15, 0.2) is 0 Å². The van der Waals surface area contributed by atoms with E-state index >= 15 is 0 Å². The first-order valence-electron chi connectivity index (χ1n) is 6.18. The molecule has 3 rings (SSSR count). The maximum absolute atomic E-state index is 10.9. The van der Waals surface area contributed by atoms with Crippen LogP contribution in [0.25, 0.3) is 0 Å². The van der Waals surface area contributed by atoms with Crippen molar-refractivity contribution in [1.29, 1.82) is 0 Å². The molecule has 90 valence electrons. The summed E-state index contributed by atoms with van der Waals surface area (Å²) in [5.74, 6) is 0.524. The molecule has 0 amide bonds. The van der Waals surface area contributed by atoms with Crippen LogP contribution in [0, 0.1) is 0 Å². The van der Waals surface area contributed by atoms with Crippen molar-refractivity contribution in [3.63, 3.8) is 0 Å². The highest BCUT2D eigenvalue weighted by Crippen LogP contribution is 2.52. The summed E-state index contributed by atoms with van der Waals surface area (Å²) in [6.45, 7) is 0. The number of carbonyl (C=O) groups is 1. The lowest BCUT2D eigenvalue weighted by atomic mass is 9.91. The molecule has 1 N–H and O–H groups in total. The van der Waals surface area contributed by atoms with E-state index in [9.17, 15) is 4.79 Å². The predicted molar refractivity (Wildman–Crippen MR) is 68.7 cm³/mol. The summed E-state index contributed by atoms with van der Waals surface area (Å²) in [5, 5.41) is 8.98. The fourth-order valence-electron chi connectivity index (χ4n) is 2.68. The normalized spacial score (nSPS) is 20.7. The second-order valence-corrected chi connectivity index (χ2v) is 6.26. The van der Waals surface area contributed by atoms with E-state index < -0.39 is 5.97 Å².